The maximum atomic E-state index is 10.8. The molecule has 530 valence electrons. The van der Waals surface area contributed by atoms with Crippen LogP contribution in [0.15, 0.2) is 315 Å². The molecule has 0 fully saturated rings. The first kappa shape index (κ1) is 68.4. The van der Waals surface area contributed by atoms with Crippen molar-refractivity contribution in [1.29, 1.82) is 10.5 Å². The van der Waals surface area contributed by atoms with Crippen LogP contribution in [0.2, 0.25) is 0 Å². The summed E-state index contributed by atoms with van der Waals surface area (Å²) in [6.07, 6.45) is 0. The third kappa shape index (κ3) is 11.9. The minimum absolute atomic E-state index is 0.424. The molecule has 0 atom stereocenters. The van der Waals surface area contributed by atoms with Gasteiger partial charge in [0.25, 0.3) is 0 Å². The lowest BCUT2D eigenvalue weighted by Crippen LogP contribution is -2.02. The summed E-state index contributed by atoms with van der Waals surface area (Å²) >= 11 is 0. The fourth-order valence-electron chi connectivity index (χ4n) is 16.0. The molecule has 0 radical (unpaired) electrons. The lowest BCUT2D eigenvalue weighted by atomic mass is 9.98. The number of para-hydroxylation sites is 4. The quantitative estimate of drug-likeness (QED) is 0.125. The van der Waals surface area contributed by atoms with Gasteiger partial charge in [-0.1, -0.05) is 164 Å². The van der Waals surface area contributed by atoms with E-state index in [2.05, 4.69) is 219 Å². The lowest BCUT2D eigenvalue weighted by Gasteiger charge is -2.16. The average Bonchev–Trinajstić information content (AvgIpc) is 1.58. The first-order chi connectivity index (χ1) is 56.5. The monoisotopic (exact) mass is 1470 g/mol. The van der Waals surface area contributed by atoms with E-state index in [4.69, 9.17) is 52.8 Å². The minimum Gasteiger partial charge on any atom is -0.309 e. The molecule has 0 N–H and O–H groups in total. The van der Waals surface area contributed by atoms with Gasteiger partial charge in [0, 0.05) is 77.0 Å². The fourth-order valence-corrected chi connectivity index (χ4v) is 16.0. The van der Waals surface area contributed by atoms with Gasteiger partial charge in [-0.2, -0.15) is 10.5 Å². The number of hydrogen-bond acceptors (Lipinski definition) is 6. The highest BCUT2D eigenvalue weighted by Crippen LogP contribution is 2.43. The van der Waals surface area contributed by atoms with Crippen LogP contribution in [0.25, 0.3) is 202 Å². The summed E-state index contributed by atoms with van der Waals surface area (Å²) in [5.74, 6) is 0.919. The van der Waals surface area contributed by atoms with E-state index in [-0.39, 0.29) is 0 Å². The van der Waals surface area contributed by atoms with Crippen LogP contribution in [0.3, 0.4) is 0 Å². The average molecular weight is 1470 g/mol. The highest BCUT2D eigenvalue weighted by atomic mass is 15.0. The van der Waals surface area contributed by atoms with Gasteiger partial charge in [-0.05, 0) is 181 Å². The molecule has 0 amide bonds. The minimum atomic E-state index is 0.424. The van der Waals surface area contributed by atoms with Crippen molar-refractivity contribution in [3.8, 4) is 103 Å². The van der Waals surface area contributed by atoms with E-state index in [1.54, 1.807) is 42.5 Å². The Balaban J connectivity index is 0.000000154. The summed E-state index contributed by atoms with van der Waals surface area (Å²) in [7, 11) is 0. The molecule has 0 saturated carbocycles. The molecule has 15 heteroatoms. The van der Waals surface area contributed by atoms with Crippen molar-refractivity contribution < 1.29 is 0 Å². The van der Waals surface area contributed by atoms with E-state index in [0.29, 0.717) is 79.4 Å². The number of benzene rings is 14. The van der Waals surface area contributed by atoms with Crippen LogP contribution in [0.4, 0.5) is 28.4 Å². The Morgan fingerprint density at radius 2 is 0.626 bits per heavy atom. The van der Waals surface area contributed by atoms with E-state index in [1.807, 2.05) is 115 Å². The normalized spacial score (nSPS) is 11.1. The van der Waals surface area contributed by atoms with Crippen LogP contribution in [-0.2, 0) is 0 Å². The van der Waals surface area contributed by atoms with Gasteiger partial charge in [-0.3, -0.25) is 0 Å². The molecule has 15 nitrogen and oxygen atoms in total. The molecule has 0 saturated heterocycles. The van der Waals surface area contributed by atoms with Gasteiger partial charge in [0.05, 0.1) is 129 Å². The summed E-state index contributed by atoms with van der Waals surface area (Å²) in [6, 6.07) is 109. The van der Waals surface area contributed by atoms with Crippen molar-refractivity contribution in [3.05, 3.63) is 389 Å². The second-order valence-electron chi connectivity index (χ2n) is 27.9. The molecule has 0 unspecified atom stereocenters. The third-order valence-electron chi connectivity index (χ3n) is 21.3. The van der Waals surface area contributed by atoms with E-state index in [1.165, 1.54) is 10.8 Å². The number of nitriles is 2. The smallest absolute Gasteiger partial charge is 0.188 e. The lowest BCUT2D eigenvalue weighted by molar-refractivity contribution is 1.14. The molecular weight excluding hydrogens is 1410 g/mol. The number of rotatable bonds is 10. The Hall–Kier alpha value is -17.1. The molecule has 14 aromatic carbocycles. The van der Waals surface area contributed by atoms with Crippen molar-refractivity contribution in [1.82, 2.24) is 38.2 Å². The van der Waals surface area contributed by atoms with E-state index < -0.39 is 0 Å². The first-order valence-electron chi connectivity index (χ1n) is 36.8. The molecule has 0 bridgehead atoms. The number of fused-ring (bicyclic) bond motifs is 12. The molecule has 115 heavy (non-hydrogen) atoms. The zero-order chi connectivity index (χ0) is 78.0. The van der Waals surface area contributed by atoms with Crippen LogP contribution in [-0.4, -0.2) is 38.2 Å². The topological polar surface area (TPSA) is 141 Å². The molecular formula is C100H55N15. The molecule has 0 spiro atoms. The van der Waals surface area contributed by atoms with E-state index in [9.17, 15) is 10.5 Å². The predicted octanol–water partition coefficient (Wildman–Crippen LogP) is 26.1. The van der Waals surface area contributed by atoms with E-state index >= 15 is 0 Å². The van der Waals surface area contributed by atoms with Crippen molar-refractivity contribution >= 4 is 116 Å². The second kappa shape index (κ2) is 28.1. The van der Waals surface area contributed by atoms with Gasteiger partial charge in [-0.25, -0.2) is 44.2 Å². The molecule has 0 aliphatic rings. The predicted molar refractivity (Wildman–Crippen MR) is 460 cm³/mol. The second-order valence-corrected chi connectivity index (χ2v) is 27.9. The number of aryl methyl sites for hydroxylation is 1. The van der Waals surface area contributed by atoms with Gasteiger partial charge < -0.3 is 18.3 Å². The molecule has 6 heterocycles. The largest absolute Gasteiger partial charge is 0.309 e. The van der Waals surface area contributed by atoms with Crippen LogP contribution < -0.4 is 0 Å². The van der Waals surface area contributed by atoms with Gasteiger partial charge in [-0.15, -0.1) is 0 Å². The Morgan fingerprint density at radius 1 is 0.270 bits per heavy atom. The van der Waals surface area contributed by atoms with Gasteiger partial charge >= 0.3 is 0 Å². The van der Waals surface area contributed by atoms with Crippen molar-refractivity contribution in [2.24, 2.45) is 0 Å². The highest BCUT2D eigenvalue weighted by molar-refractivity contribution is 6.15. The zero-order valence-corrected chi connectivity index (χ0v) is 61.2. The highest BCUT2D eigenvalue weighted by Gasteiger charge is 2.24. The summed E-state index contributed by atoms with van der Waals surface area (Å²) in [5.41, 5.74) is 24.0. The van der Waals surface area contributed by atoms with Crippen LogP contribution in [0.1, 0.15) is 16.7 Å². The fraction of sp³-hybridized carbons (Fsp3) is 0.0100. The van der Waals surface area contributed by atoms with Crippen molar-refractivity contribution in [3.63, 3.8) is 0 Å². The number of hydrogen-bond donors (Lipinski definition) is 0. The van der Waals surface area contributed by atoms with Crippen molar-refractivity contribution in [2.45, 2.75) is 6.92 Å². The summed E-state index contributed by atoms with van der Waals surface area (Å²) < 4.78 is 9.07. The molecule has 6 aromatic heterocycles. The summed E-state index contributed by atoms with van der Waals surface area (Å²) in [5, 5.41) is 29.2. The molecule has 20 aromatic rings. The summed E-state index contributed by atoms with van der Waals surface area (Å²) in [6.45, 7) is 39.9. The molecule has 0 aliphatic heterocycles. The maximum absolute atomic E-state index is 10.8. The Bertz CT molecular complexity index is 7580. The first-order valence-corrected chi connectivity index (χ1v) is 36.8. The SMILES string of the molecule is [C-]#[N+]c1cccc(-c2cc(-c3cc(C)c(-n4c5ccccc5c5cc(-n6c7ccccc7c7ccccc76)ccc54)cc3C#N)nc(-c3cccc([N+]#[C-])c3)n2)c1.[C-]#[N+]c1cccc(-c2cc(-c3ccc(-n4c5ccccc5c5cc(-n6c7ccc(C#N)cc7c7cc([N+]#[C-])ccc76)ccc54)cc3)nc(-c3cccc([N+]#[C-])c3)n2)c1. The van der Waals surface area contributed by atoms with Gasteiger partial charge in [0.2, 0.25) is 0 Å². The van der Waals surface area contributed by atoms with Gasteiger partial charge in [0.1, 0.15) is 0 Å². The molecule has 0 aliphatic carbocycles. The Labute approximate surface area is 659 Å². The Morgan fingerprint density at radius 3 is 1.10 bits per heavy atom. The molecule has 20 rings (SSSR count). The number of nitrogens with zero attached hydrogens (tertiary/aromatic N) is 15. The standard InChI is InChI=1S/C50H26N8.C50H29N7/c1-52-35-10-6-8-33(25-35)45-29-44(55-50(56-45)34-9-7-11-36(26-34)53-2)32-15-18-38(19-16-32)57-46-13-5-4-12-40(46)43-28-39(20-23-49(43)57)58-47-21-14-31(30-51)24-41(47)42-27-37(54-3)17-22-48(42)58;1-31-24-41(44-29-43(32-12-10-14-35(25-32)52-2)54-50(55-44)33-13-11-15-36(26-33)53-3)34(30-51)27-49(31)57-47-21-9-6-18-40(47)42-28-37(22-23-48(42)57)56-45-19-7-4-16-38(45)39-17-5-8-20-46(39)56/h4-29H;4-29H,1H3. The zero-order valence-electron chi connectivity index (χ0n) is 61.2. The summed E-state index contributed by atoms with van der Waals surface area (Å²) in [4.78, 5) is 38.0. The van der Waals surface area contributed by atoms with Crippen LogP contribution >= 0.6 is 0 Å². The maximum Gasteiger partial charge on any atom is 0.188 e. The Kier molecular flexibility index (Phi) is 16.7. The number of aromatic nitrogens is 8. The van der Waals surface area contributed by atoms with Crippen LogP contribution in [0, 0.1) is 62.4 Å². The third-order valence-corrected chi connectivity index (χ3v) is 21.3. The van der Waals surface area contributed by atoms with Gasteiger partial charge in [0.15, 0.2) is 40.1 Å². The van der Waals surface area contributed by atoms with Crippen LogP contribution in [0.5, 0.6) is 0 Å². The van der Waals surface area contributed by atoms with E-state index in [0.717, 1.165) is 133 Å². The van der Waals surface area contributed by atoms with Crippen molar-refractivity contribution in [2.75, 3.05) is 0 Å².